The summed E-state index contributed by atoms with van der Waals surface area (Å²) in [5.74, 6) is 0. The lowest BCUT2D eigenvalue weighted by atomic mass is 10.0. The first-order valence-electron chi connectivity index (χ1n) is 7.07. The summed E-state index contributed by atoms with van der Waals surface area (Å²) in [4.78, 5) is 2.49. The number of rotatable bonds is 6. The molecule has 0 aromatic carbocycles. The van der Waals surface area contributed by atoms with Crippen molar-refractivity contribution in [3.8, 4) is 0 Å². The molecule has 0 saturated carbocycles. The van der Waals surface area contributed by atoms with Crippen LogP contribution in [-0.2, 0) is 0 Å². The van der Waals surface area contributed by atoms with Crippen molar-refractivity contribution in [2.45, 2.75) is 77.6 Å². The largest absolute Gasteiger partial charge is 0.388 e. The van der Waals surface area contributed by atoms with Gasteiger partial charge in [0, 0.05) is 31.2 Å². The number of nitrogens with zero attached hydrogens (tertiary/aromatic N) is 1. The molecular formula is C14H30N2O. The molecule has 3 atom stereocenters. The Morgan fingerprint density at radius 1 is 1.41 bits per heavy atom. The average Bonchev–Trinajstić information content (AvgIpc) is 2.57. The van der Waals surface area contributed by atoms with Gasteiger partial charge in [0.2, 0.25) is 0 Å². The number of likely N-dealkylation sites (tertiary alicyclic amines) is 1. The van der Waals surface area contributed by atoms with Crippen molar-refractivity contribution in [3.63, 3.8) is 0 Å². The number of hydrogen-bond donors (Lipinski definition) is 2. The van der Waals surface area contributed by atoms with E-state index in [2.05, 4.69) is 37.9 Å². The Balaban J connectivity index is 2.50. The molecular weight excluding hydrogens is 212 g/mol. The second-order valence-electron chi connectivity index (χ2n) is 6.19. The van der Waals surface area contributed by atoms with E-state index in [-0.39, 0.29) is 0 Å². The maximum Gasteiger partial charge on any atom is 0.0869 e. The van der Waals surface area contributed by atoms with Gasteiger partial charge in [0.25, 0.3) is 0 Å². The number of hydrogen-bond acceptors (Lipinski definition) is 3. The highest BCUT2D eigenvalue weighted by Crippen LogP contribution is 2.27. The standard InChI is InChI=1S/C14H30N2O/c1-6-13-8-7-12(4)16(13)10-14(5,17)9-15-11(2)3/h11-13,15,17H,6-10H2,1-5H3. The maximum absolute atomic E-state index is 10.5. The molecule has 0 bridgehead atoms. The Morgan fingerprint density at radius 3 is 2.59 bits per heavy atom. The van der Waals surface area contributed by atoms with Crippen molar-refractivity contribution >= 4 is 0 Å². The van der Waals surface area contributed by atoms with E-state index in [1.165, 1.54) is 19.3 Å². The van der Waals surface area contributed by atoms with E-state index in [1.807, 2.05) is 6.92 Å². The zero-order valence-corrected chi connectivity index (χ0v) is 12.2. The third kappa shape index (κ3) is 4.57. The Morgan fingerprint density at radius 2 is 2.06 bits per heavy atom. The Bertz CT molecular complexity index is 228. The van der Waals surface area contributed by atoms with Crippen LogP contribution >= 0.6 is 0 Å². The fourth-order valence-corrected chi connectivity index (χ4v) is 2.72. The number of nitrogens with one attached hydrogen (secondary N) is 1. The van der Waals surface area contributed by atoms with Crippen LogP contribution in [0.15, 0.2) is 0 Å². The molecule has 3 nitrogen and oxygen atoms in total. The summed E-state index contributed by atoms with van der Waals surface area (Å²) in [5.41, 5.74) is -0.629. The molecule has 1 rings (SSSR count). The van der Waals surface area contributed by atoms with Crippen LogP contribution in [0, 0.1) is 0 Å². The van der Waals surface area contributed by atoms with E-state index >= 15 is 0 Å². The lowest BCUT2D eigenvalue weighted by Crippen LogP contribution is -2.51. The van der Waals surface area contributed by atoms with Crippen molar-refractivity contribution in [1.29, 1.82) is 0 Å². The summed E-state index contributed by atoms with van der Waals surface area (Å²) in [6, 6.07) is 1.71. The molecule has 0 spiro atoms. The predicted molar refractivity (Wildman–Crippen MR) is 73.2 cm³/mol. The van der Waals surface area contributed by atoms with Crippen LogP contribution in [0.5, 0.6) is 0 Å². The first kappa shape index (κ1) is 14.9. The van der Waals surface area contributed by atoms with Gasteiger partial charge in [-0.1, -0.05) is 20.8 Å². The minimum atomic E-state index is -0.629. The van der Waals surface area contributed by atoms with Crippen LogP contribution in [-0.4, -0.2) is 46.8 Å². The fraction of sp³-hybridized carbons (Fsp3) is 1.00. The third-order valence-electron chi connectivity index (χ3n) is 3.84. The van der Waals surface area contributed by atoms with Crippen molar-refractivity contribution in [1.82, 2.24) is 10.2 Å². The average molecular weight is 242 g/mol. The van der Waals surface area contributed by atoms with Crippen LogP contribution < -0.4 is 5.32 Å². The lowest BCUT2D eigenvalue weighted by Gasteiger charge is -2.35. The van der Waals surface area contributed by atoms with Gasteiger partial charge in [0.05, 0.1) is 5.60 Å². The highest BCUT2D eigenvalue weighted by atomic mass is 16.3. The van der Waals surface area contributed by atoms with E-state index in [0.717, 1.165) is 6.54 Å². The van der Waals surface area contributed by atoms with Gasteiger partial charge < -0.3 is 10.4 Å². The van der Waals surface area contributed by atoms with Crippen LogP contribution in [0.2, 0.25) is 0 Å². The zero-order valence-electron chi connectivity index (χ0n) is 12.2. The quantitative estimate of drug-likeness (QED) is 0.748. The molecule has 17 heavy (non-hydrogen) atoms. The molecule has 0 amide bonds. The summed E-state index contributed by atoms with van der Waals surface area (Å²) in [6.07, 6.45) is 3.75. The Hall–Kier alpha value is -0.120. The van der Waals surface area contributed by atoms with Crippen LogP contribution in [0.25, 0.3) is 0 Å². The van der Waals surface area contributed by atoms with Gasteiger partial charge in [-0.25, -0.2) is 0 Å². The SMILES string of the molecule is CCC1CCC(C)N1CC(C)(O)CNC(C)C. The third-order valence-corrected chi connectivity index (χ3v) is 3.84. The molecule has 2 N–H and O–H groups in total. The van der Waals surface area contributed by atoms with Gasteiger partial charge in [-0.2, -0.15) is 0 Å². The van der Waals surface area contributed by atoms with Gasteiger partial charge >= 0.3 is 0 Å². The highest BCUT2D eigenvalue weighted by Gasteiger charge is 2.34. The first-order valence-corrected chi connectivity index (χ1v) is 7.07. The summed E-state index contributed by atoms with van der Waals surface area (Å²) in [6.45, 7) is 12.2. The monoisotopic (exact) mass is 242 g/mol. The smallest absolute Gasteiger partial charge is 0.0869 e. The molecule has 1 fully saturated rings. The molecule has 0 aliphatic carbocycles. The molecule has 3 unspecified atom stereocenters. The van der Waals surface area contributed by atoms with Crippen LogP contribution in [0.1, 0.15) is 53.9 Å². The zero-order chi connectivity index (χ0) is 13.1. The van der Waals surface area contributed by atoms with Gasteiger partial charge in [-0.05, 0) is 33.1 Å². The summed E-state index contributed by atoms with van der Waals surface area (Å²) in [5, 5.41) is 13.8. The van der Waals surface area contributed by atoms with E-state index in [9.17, 15) is 5.11 Å². The van der Waals surface area contributed by atoms with Gasteiger partial charge in [-0.3, -0.25) is 4.90 Å². The van der Waals surface area contributed by atoms with E-state index < -0.39 is 5.60 Å². The van der Waals surface area contributed by atoms with Crippen molar-refractivity contribution < 1.29 is 5.11 Å². The number of β-amino-alcohol motifs (C(OH)–C–C–N with tert-alkyl or cyclic N) is 1. The van der Waals surface area contributed by atoms with Gasteiger partial charge in [0.15, 0.2) is 0 Å². The summed E-state index contributed by atoms with van der Waals surface area (Å²) < 4.78 is 0. The van der Waals surface area contributed by atoms with Crippen molar-refractivity contribution in [2.75, 3.05) is 13.1 Å². The predicted octanol–water partition coefficient (Wildman–Crippen LogP) is 2.00. The molecule has 1 saturated heterocycles. The molecule has 1 aliphatic heterocycles. The van der Waals surface area contributed by atoms with Crippen LogP contribution in [0.4, 0.5) is 0 Å². The highest BCUT2D eigenvalue weighted by molar-refractivity contribution is 4.90. The minimum Gasteiger partial charge on any atom is -0.388 e. The molecule has 0 aromatic rings. The molecule has 0 aromatic heterocycles. The van der Waals surface area contributed by atoms with E-state index in [1.54, 1.807) is 0 Å². The molecule has 102 valence electrons. The number of aliphatic hydroxyl groups is 1. The second-order valence-corrected chi connectivity index (χ2v) is 6.19. The van der Waals surface area contributed by atoms with Crippen LogP contribution in [0.3, 0.4) is 0 Å². The molecule has 1 aliphatic rings. The van der Waals surface area contributed by atoms with E-state index in [0.29, 0.717) is 24.7 Å². The molecule has 3 heteroatoms. The Kier molecular flexibility index (Phi) is 5.42. The van der Waals surface area contributed by atoms with Gasteiger partial charge in [0.1, 0.15) is 0 Å². The van der Waals surface area contributed by atoms with Crippen molar-refractivity contribution in [2.24, 2.45) is 0 Å². The lowest BCUT2D eigenvalue weighted by molar-refractivity contribution is 0.00433. The van der Waals surface area contributed by atoms with E-state index in [4.69, 9.17) is 0 Å². The normalized spacial score (nSPS) is 29.8. The summed E-state index contributed by atoms with van der Waals surface area (Å²) >= 11 is 0. The minimum absolute atomic E-state index is 0.430. The second kappa shape index (κ2) is 6.17. The Labute approximate surface area is 107 Å². The maximum atomic E-state index is 10.5. The molecule has 0 radical (unpaired) electrons. The first-order chi connectivity index (χ1) is 7.85. The van der Waals surface area contributed by atoms with Gasteiger partial charge in [-0.15, -0.1) is 0 Å². The molecule has 1 heterocycles. The fourth-order valence-electron chi connectivity index (χ4n) is 2.72. The summed E-state index contributed by atoms with van der Waals surface area (Å²) in [7, 11) is 0. The topological polar surface area (TPSA) is 35.5 Å². The van der Waals surface area contributed by atoms with Crippen molar-refractivity contribution in [3.05, 3.63) is 0 Å².